The van der Waals surface area contributed by atoms with Crippen LogP contribution >= 0.6 is 11.6 Å². The second-order valence-electron chi connectivity index (χ2n) is 11.8. The van der Waals surface area contributed by atoms with E-state index in [4.69, 9.17) is 32.9 Å². The lowest BCUT2D eigenvalue weighted by Gasteiger charge is -2.38. The van der Waals surface area contributed by atoms with Gasteiger partial charge >= 0.3 is 0 Å². The summed E-state index contributed by atoms with van der Waals surface area (Å²) >= 11 is 6.15. The quantitative estimate of drug-likeness (QED) is 0.169. The summed E-state index contributed by atoms with van der Waals surface area (Å²) in [6.45, 7) is 6.03. The third kappa shape index (κ3) is 5.69. The number of amides is 1. The molecule has 2 saturated heterocycles. The number of piperidine rings is 1. The minimum atomic E-state index is -0.543. The number of ether oxygens (including phenoxy) is 1. The molecular formula is C35H36ClN5O2. The number of halogens is 1. The van der Waals surface area contributed by atoms with Gasteiger partial charge in [-0.2, -0.15) is 0 Å². The fourth-order valence-corrected chi connectivity index (χ4v) is 6.44. The molecule has 7 nitrogen and oxygen atoms in total. The van der Waals surface area contributed by atoms with Gasteiger partial charge in [-0.1, -0.05) is 48.0 Å². The number of hydrogen-bond acceptors (Lipinski definition) is 4. The van der Waals surface area contributed by atoms with Gasteiger partial charge in [0.25, 0.3) is 5.91 Å². The molecule has 0 bridgehead atoms. The highest BCUT2D eigenvalue weighted by Crippen LogP contribution is 2.46. The highest BCUT2D eigenvalue weighted by atomic mass is 35.5. The fourth-order valence-electron chi connectivity index (χ4n) is 6.31. The molecule has 0 spiro atoms. The Bertz CT molecular complexity index is 1720. The van der Waals surface area contributed by atoms with Crippen molar-refractivity contribution in [3.8, 4) is 0 Å². The topological polar surface area (TPSA) is 107 Å². The number of nitrogen functional groups attached to an aromatic ring is 1. The molecule has 220 valence electrons. The lowest BCUT2D eigenvalue weighted by molar-refractivity contribution is -0.128. The van der Waals surface area contributed by atoms with Crippen molar-refractivity contribution >= 4 is 46.0 Å². The van der Waals surface area contributed by atoms with Crippen LogP contribution in [0, 0.1) is 10.8 Å². The highest BCUT2D eigenvalue weighted by molar-refractivity contribution is 6.30. The van der Waals surface area contributed by atoms with Gasteiger partial charge in [0.05, 0.1) is 11.4 Å². The molecule has 1 amide bonds. The van der Waals surface area contributed by atoms with Crippen molar-refractivity contribution in [2.75, 3.05) is 13.1 Å². The predicted molar refractivity (Wildman–Crippen MR) is 173 cm³/mol. The van der Waals surface area contributed by atoms with Crippen LogP contribution in [0.5, 0.6) is 0 Å². The third-order valence-electron chi connectivity index (χ3n) is 8.89. The van der Waals surface area contributed by atoms with E-state index in [0.717, 1.165) is 59.2 Å². The maximum atomic E-state index is 14.2. The number of nitrogens with zero attached hydrogens (tertiary/aromatic N) is 2. The second-order valence-corrected chi connectivity index (χ2v) is 12.3. The molecule has 1 atom stereocenters. The molecule has 2 fully saturated rings. The number of nitrogens with one attached hydrogen (secondary N) is 2. The van der Waals surface area contributed by atoms with Crippen LogP contribution < -0.4 is 5.73 Å². The number of carbonyl (C=O) groups excluding carboxylic acids is 1. The number of carbonyl (C=O) groups is 1. The highest BCUT2D eigenvalue weighted by Gasteiger charge is 2.49. The Labute approximate surface area is 257 Å². The van der Waals surface area contributed by atoms with Crippen LogP contribution in [0.1, 0.15) is 49.8 Å². The molecule has 43 heavy (non-hydrogen) atoms. The molecule has 4 N–H and O–H groups in total. The molecule has 2 aliphatic heterocycles. The van der Waals surface area contributed by atoms with Gasteiger partial charge in [-0.25, -0.2) is 0 Å². The van der Waals surface area contributed by atoms with E-state index in [1.54, 1.807) is 0 Å². The third-order valence-corrected chi connectivity index (χ3v) is 9.14. The van der Waals surface area contributed by atoms with E-state index in [1.807, 2.05) is 60.4 Å². The second kappa shape index (κ2) is 11.4. The number of allylic oxidation sites excluding steroid dienone is 1. The van der Waals surface area contributed by atoms with Crippen LogP contribution in [0.15, 0.2) is 89.7 Å². The van der Waals surface area contributed by atoms with Crippen molar-refractivity contribution in [3.63, 3.8) is 0 Å². The molecule has 3 aromatic rings. The Hall–Kier alpha value is -4.36. The minimum Gasteiger partial charge on any atom is -0.491 e. The van der Waals surface area contributed by atoms with Gasteiger partial charge in [0.15, 0.2) is 0 Å². The van der Waals surface area contributed by atoms with E-state index >= 15 is 0 Å². The summed E-state index contributed by atoms with van der Waals surface area (Å²) < 4.78 is 6.48. The van der Waals surface area contributed by atoms with Crippen LogP contribution in [0.4, 0.5) is 0 Å². The molecule has 2 heterocycles. The number of fused-ring (bicyclic) bond motifs is 2. The molecule has 3 aliphatic rings. The molecule has 0 aromatic heterocycles. The Morgan fingerprint density at radius 3 is 2.49 bits per heavy atom. The van der Waals surface area contributed by atoms with Gasteiger partial charge in [-0.3, -0.25) is 15.6 Å². The maximum absolute atomic E-state index is 14.2. The molecule has 1 aliphatic carbocycles. The van der Waals surface area contributed by atoms with E-state index < -0.39 is 5.54 Å². The fraction of sp³-hybridized carbons (Fsp3) is 0.286. The summed E-state index contributed by atoms with van der Waals surface area (Å²) in [5, 5.41) is 18.4. The van der Waals surface area contributed by atoms with Gasteiger partial charge in [-0.05, 0) is 90.2 Å². The predicted octanol–water partition coefficient (Wildman–Crippen LogP) is 6.65. The van der Waals surface area contributed by atoms with Crippen LogP contribution in [0.25, 0.3) is 16.8 Å². The van der Waals surface area contributed by atoms with E-state index in [9.17, 15) is 4.79 Å². The minimum absolute atomic E-state index is 0.0225. The van der Waals surface area contributed by atoms with Crippen LogP contribution in [-0.4, -0.2) is 52.1 Å². The first-order chi connectivity index (χ1) is 20.6. The first kappa shape index (κ1) is 28.7. The summed E-state index contributed by atoms with van der Waals surface area (Å²) in [4.78, 5) is 18.3. The number of amidine groups is 2. The summed E-state index contributed by atoms with van der Waals surface area (Å²) in [5.41, 5.74) is 9.41. The Morgan fingerprint density at radius 1 is 1.07 bits per heavy atom. The maximum Gasteiger partial charge on any atom is 0.255 e. The Balaban J connectivity index is 1.32. The SMILES string of the molecule is CC(=N)N1CCC(OC2=CCC3(C)C(=C2)/C(=C/c2ccc(Cl)cc2)C(=O)N3Cc2ccc3ccc(C(=N)N)cc3c2)CC1. The van der Waals surface area contributed by atoms with Gasteiger partial charge < -0.3 is 20.3 Å². The van der Waals surface area contributed by atoms with Gasteiger partial charge in [0.1, 0.15) is 17.7 Å². The van der Waals surface area contributed by atoms with Gasteiger partial charge in [0.2, 0.25) is 0 Å². The smallest absolute Gasteiger partial charge is 0.255 e. The molecule has 6 rings (SSSR count). The molecule has 8 heteroatoms. The Kier molecular flexibility index (Phi) is 7.61. The van der Waals surface area contributed by atoms with Crippen molar-refractivity contribution in [1.29, 1.82) is 10.8 Å². The zero-order chi connectivity index (χ0) is 30.3. The van der Waals surface area contributed by atoms with Crippen molar-refractivity contribution < 1.29 is 9.53 Å². The molecular weight excluding hydrogens is 558 g/mol. The molecule has 0 saturated carbocycles. The van der Waals surface area contributed by atoms with E-state index in [0.29, 0.717) is 35.0 Å². The normalized spacial score (nSPS) is 21.6. The van der Waals surface area contributed by atoms with Crippen molar-refractivity contribution in [3.05, 3.63) is 111 Å². The molecule has 3 aromatic carbocycles. The van der Waals surface area contributed by atoms with Gasteiger partial charge in [0, 0.05) is 48.6 Å². The van der Waals surface area contributed by atoms with Crippen molar-refractivity contribution in [1.82, 2.24) is 9.80 Å². The Morgan fingerprint density at radius 2 is 1.79 bits per heavy atom. The van der Waals surface area contributed by atoms with Crippen molar-refractivity contribution in [2.24, 2.45) is 5.73 Å². The lowest BCUT2D eigenvalue weighted by Crippen LogP contribution is -2.44. The van der Waals surface area contributed by atoms with Gasteiger partial charge in [-0.15, -0.1) is 0 Å². The molecule has 1 unspecified atom stereocenters. The zero-order valence-electron chi connectivity index (χ0n) is 24.5. The zero-order valence-corrected chi connectivity index (χ0v) is 25.2. The number of likely N-dealkylation sites (tertiary alicyclic amines) is 2. The van der Waals surface area contributed by atoms with Crippen molar-refractivity contribution in [2.45, 2.75) is 51.3 Å². The molecule has 0 radical (unpaired) electrons. The van der Waals surface area contributed by atoms with Crippen LogP contribution in [0.3, 0.4) is 0 Å². The van der Waals surface area contributed by atoms with Crippen LogP contribution in [-0.2, 0) is 16.1 Å². The number of rotatable bonds is 6. The number of benzene rings is 3. The average molecular weight is 594 g/mol. The van der Waals surface area contributed by atoms with E-state index in [2.05, 4.69) is 42.2 Å². The summed E-state index contributed by atoms with van der Waals surface area (Å²) in [7, 11) is 0. The summed E-state index contributed by atoms with van der Waals surface area (Å²) in [5.74, 6) is 1.41. The standard InChI is InChI=1S/C35H36ClN5O2/c1-22(37)40-15-12-29(13-16-40)43-30-11-14-35(2)32(20-30)31(18-23-4-9-28(36)10-5-23)34(42)41(35)21-24-3-6-25-7-8-26(33(38)39)19-27(25)17-24/h3-11,17-20,29,37H,12-16,21H2,1-2H3,(H3,38,39)/b31-18-,37-22?. The summed E-state index contributed by atoms with van der Waals surface area (Å²) in [6.07, 6.45) is 8.56. The largest absolute Gasteiger partial charge is 0.491 e. The first-order valence-electron chi connectivity index (χ1n) is 14.7. The first-order valence-corrected chi connectivity index (χ1v) is 15.0. The van der Waals surface area contributed by atoms with E-state index in [-0.39, 0.29) is 17.8 Å². The summed E-state index contributed by atoms with van der Waals surface area (Å²) in [6, 6.07) is 19.5. The van der Waals surface area contributed by atoms with E-state index in [1.165, 1.54) is 0 Å². The number of nitrogens with two attached hydrogens (primary N) is 1. The lowest BCUT2D eigenvalue weighted by atomic mass is 9.82. The monoisotopic (exact) mass is 593 g/mol. The van der Waals surface area contributed by atoms with Crippen LogP contribution in [0.2, 0.25) is 5.02 Å². The number of hydrogen-bond donors (Lipinski definition) is 3. The average Bonchev–Trinajstić information content (AvgIpc) is 3.19.